The first-order chi connectivity index (χ1) is 10.6. The van der Waals surface area contributed by atoms with E-state index in [9.17, 15) is 5.11 Å². The van der Waals surface area contributed by atoms with Gasteiger partial charge in [0, 0.05) is 14.7 Å². The average Bonchev–Trinajstić information content (AvgIpc) is 2.80. The van der Waals surface area contributed by atoms with Crippen molar-refractivity contribution in [3.8, 4) is 11.1 Å². The van der Waals surface area contributed by atoms with E-state index in [0.29, 0.717) is 0 Å². The largest absolute Gasteiger partial charge is 0.376 e. The van der Waals surface area contributed by atoms with E-state index < -0.39 is 5.60 Å². The van der Waals surface area contributed by atoms with Crippen LogP contribution in [0, 0.1) is 10.5 Å². The molecule has 0 saturated heterocycles. The van der Waals surface area contributed by atoms with E-state index in [-0.39, 0.29) is 0 Å². The second-order valence-electron chi connectivity index (χ2n) is 5.73. The molecule has 1 atom stereocenters. The van der Waals surface area contributed by atoms with E-state index in [2.05, 4.69) is 59.8 Å². The fraction of sp³-hybridized carbons (Fsp3) is 0.100. The van der Waals surface area contributed by atoms with E-state index in [1.54, 1.807) is 0 Å². The smallest absolute Gasteiger partial charge is 0.143 e. The molecule has 2 heteroatoms. The lowest BCUT2D eigenvalue weighted by Crippen LogP contribution is -2.28. The Morgan fingerprint density at radius 2 is 1.41 bits per heavy atom. The van der Waals surface area contributed by atoms with Gasteiger partial charge < -0.3 is 5.11 Å². The van der Waals surface area contributed by atoms with Gasteiger partial charge in [-0.05, 0) is 57.8 Å². The van der Waals surface area contributed by atoms with Gasteiger partial charge in [0.15, 0.2) is 0 Å². The van der Waals surface area contributed by atoms with Crippen LogP contribution in [0.2, 0.25) is 0 Å². The number of aryl methyl sites for hydroxylation is 1. The minimum Gasteiger partial charge on any atom is -0.376 e. The third kappa shape index (κ3) is 1.74. The van der Waals surface area contributed by atoms with Gasteiger partial charge in [-0.2, -0.15) is 0 Å². The summed E-state index contributed by atoms with van der Waals surface area (Å²) in [5.74, 6) is 0. The highest BCUT2D eigenvalue weighted by Gasteiger charge is 2.44. The maximum absolute atomic E-state index is 11.8. The van der Waals surface area contributed by atoms with Gasteiger partial charge in [0.25, 0.3) is 0 Å². The van der Waals surface area contributed by atoms with E-state index in [1.165, 1.54) is 0 Å². The molecule has 0 aromatic heterocycles. The number of hydrogen-bond donors (Lipinski definition) is 1. The molecule has 1 nitrogen and oxygen atoms in total. The Balaban J connectivity index is 2.15. The summed E-state index contributed by atoms with van der Waals surface area (Å²) >= 11 is 2.33. The summed E-state index contributed by atoms with van der Waals surface area (Å²) in [4.78, 5) is 0. The molecule has 1 unspecified atom stereocenters. The van der Waals surface area contributed by atoms with Gasteiger partial charge in [-0.3, -0.25) is 0 Å². The van der Waals surface area contributed by atoms with Gasteiger partial charge in [-0.1, -0.05) is 60.7 Å². The van der Waals surface area contributed by atoms with Crippen LogP contribution in [0.3, 0.4) is 0 Å². The molecule has 3 aromatic carbocycles. The molecule has 4 rings (SSSR count). The lowest BCUT2D eigenvalue weighted by Gasteiger charge is -2.29. The van der Waals surface area contributed by atoms with Crippen LogP contribution < -0.4 is 0 Å². The minimum absolute atomic E-state index is 0.963. The molecule has 0 saturated carbocycles. The highest BCUT2D eigenvalue weighted by Crippen LogP contribution is 2.52. The lowest BCUT2D eigenvalue weighted by atomic mass is 9.82. The van der Waals surface area contributed by atoms with Gasteiger partial charge in [0.2, 0.25) is 0 Å². The standard InChI is InChI=1S/C20H15IO/c1-13-7-2-4-10-16(13)20(22)17-11-5-3-8-14(17)15-9-6-12-18(21)19(15)20/h2-12,22H,1H3. The Hall–Kier alpha value is -1.65. The van der Waals surface area contributed by atoms with Crippen molar-refractivity contribution in [1.82, 2.24) is 0 Å². The van der Waals surface area contributed by atoms with E-state index >= 15 is 0 Å². The van der Waals surface area contributed by atoms with Gasteiger partial charge in [0.05, 0.1) is 0 Å². The van der Waals surface area contributed by atoms with Crippen LogP contribution in [0.1, 0.15) is 22.3 Å². The Bertz CT molecular complexity index is 884. The monoisotopic (exact) mass is 398 g/mol. The molecule has 0 radical (unpaired) electrons. The molecule has 0 amide bonds. The van der Waals surface area contributed by atoms with E-state index in [0.717, 1.165) is 37.0 Å². The fourth-order valence-electron chi connectivity index (χ4n) is 3.54. The minimum atomic E-state index is -1.07. The summed E-state index contributed by atoms with van der Waals surface area (Å²) in [6, 6.07) is 22.5. The van der Waals surface area contributed by atoms with Crippen LogP contribution in [0.5, 0.6) is 0 Å². The van der Waals surface area contributed by atoms with Gasteiger partial charge in [0.1, 0.15) is 5.60 Å². The lowest BCUT2D eigenvalue weighted by molar-refractivity contribution is 0.129. The predicted molar refractivity (Wildman–Crippen MR) is 97.9 cm³/mol. The molecular weight excluding hydrogens is 383 g/mol. The molecule has 3 aromatic rings. The van der Waals surface area contributed by atoms with Crippen molar-refractivity contribution in [2.75, 3.05) is 0 Å². The van der Waals surface area contributed by atoms with Crippen LogP contribution in [-0.4, -0.2) is 5.11 Å². The number of benzene rings is 3. The number of aliphatic hydroxyl groups is 1. The zero-order valence-corrected chi connectivity index (χ0v) is 14.3. The topological polar surface area (TPSA) is 20.2 Å². The molecule has 1 aliphatic rings. The van der Waals surface area contributed by atoms with Crippen molar-refractivity contribution < 1.29 is 5.11 Å². The zero-order valence-electron chi connectivity index (χ0n) is 12.2. The summed E-state index contributed by atoms with van der Waals surface area (Å²) in [6.45, 7) is 2.06. The fourth-order valence-corrected chi connectivity index (χ4v) is 4.43. The van der Waals surface area contributed by atoms with Gasteiger partial charge in [-0.15, -0.1) is 0 Å². The maximum Gasteiger partial charge on any atom is 0.143 e. The summed E-state index contributed by atoms with van der Waals surface area (Å²) < 4.78 is 1.09. The van der Waals surface area contributed by atoms with Gasteiger partial charge in [-0.25, -0.2) is 0 Å². The third-order valence-electron chi connectivity index (χ3n) is 4.52. The molecule has 0 fully saturated rings. The first-order valence-electron chi connectivity index (χ1n) is 7.31. The summed E-state index contributed by atoms with van der Waals surface area (Å²) in [5, 5.41) is 11.8. The molecule has 1 aliphatic carbocycles. The normalized spacial score (nSPS) is 18.9. The Morgan fingerprint density at radius 1 is 0.773 bits per heavy atom. The Kier molecular flexibility index (Phi) is 3.13. The molecule has 22 heavy (non-hydrogen) atoms. The molecule has 1 N–H and O–H groups in total. The van der Waals surface area contributed by atoms with Crippen LogP contribution in [0.25, 0.3) is 11.1 Å². The van der Waals surface area contributed by atoms with Crippen LogP contribution in [-0.2, 0) is 5.60 Å². The highest BCUT2D eigenvalue weighted by molar-refractivity contribution is 14.1. The van der Waals surface area contributed by atoms with Crippen LogP contribution >= 0.6 is 22.6 Å². The van der Waals surface area contributed by atoms with Crippen molar-refractivity contribution in [1.29, 1.82) is 0 Å². The predicted octanol–water partition coefficient (Wildman–Crippen LogP) is 4.86. The Labute approximate surface area is 143 Å². The average molecular weight is 398 g/mol. The number of rotatable bonds is 1. The molecule has 108 valence electrons. The number of halogens is 1. The summed E-state index contributed by atoms with van der Waals surface area (Å²) in [5.41, 5.74) is 5.23. The highest BCUT2D eigenvalue weighted by atomic mass is 127. The zero-order chi connectivity index (χ0) is 15.3. The Morgan fingerprint density at radius 3 is 2.18 bits per heavy atom. The summed E-state index contributed by atoms with van der Waals surface area (Å²) in [7, 11) is 0. The third-order valence-corrected chi connectivity index (χ3v) is 5.42. The van der Waals surface area contributed by atoms with Crippen LogP contribution in [0.15, 0.2) is 66.7 Å². The summed E-state index contributed by atoms with van der Waals surface area (Å²) in [6.07, 6.45) is 0. The van der Waals surface area contributed by atoms with Crippen molar-refractivity contribution in [3.05, 3.63) is 92.6 Å². The SMILES string of the molecule is Cc1ccccc1C1(O)c2ccccc2-c2cccc(I)c21. The second-order valence-corrected chi connectivity index (χ2v) is 6.90. The second kappa shape index (κ2) is 4.93. The quantitative estimate of drug-likeness (QED) is 0.581. The van der Waals surface area contributed by atoms with Crippen LogP contribution in [0.4, 0.5) is 0 Å². The molecular formula is C20H15IO. The first kappa shape index (κ1) is 14.0. The molecule has 0 bridgehead atoms. The number of hydrogen-bond acceptors (Lipinski definition) is 1. The molecule has 0 heterocycles. The van der Waals surface area contributed by atoms with Crippen molar-refractivity contribution >= 4 is 22.6 Å². The van der Waals surface area contributed by atoms with E-state index in [4.69, 9.17) is 0 Å². The van der Waals surface area contributed by atoms with E-state index in [1.807, 2.05) is 36.4 Å². The van der Waals surface area contributed by atoms with Crippen molar-refractivity contribution in [2.24, 2.45) is 0 Å². The molecule has 0 aliphatic heterocycles. The van der Waals surface area contributed by atoms with Crippen molar-refractivity contribution in [2.45, 2.75) is 12.5 Å². The maximum atomic E-state index is 11.8. The van der Waals surface area contributed by atoms with Crippen molar-refractivity contribution in [3.63, 3.8) is 0 Å². The number of fused-ring (bicyclic) bond motifs is 3. The van der Waals surface area contributed by atoms with Gasteiger partial charge >= 0.3 is 0 Å². The molecule has 0 spiro atoms. The first-order valence-corrected chi connectivity index (χ1v) is 8.39.